The SMILES string of the molecule is CCc1ccccc1N(CC(=O)N(Cc1ccccc1)[C@H](C)C(=O)N[C@@H](C)CC)S(C)(=O)=O. The maximum Gasteiger partial charge on any atom is 0.244 e. The van der Waals surface area contributed by atoms with Crippen molar-refractivity contribution in [1.29, 1.82) is 0 Å². The van der Waals surface area contributed by atoms with Crippen LogP contribution in [0.25, 0.3) is 0 Å². The van der Waals surface area contributed by atoms with Crippen LogP contribution < -0.4 is 9.62 Å². The summed E-state index contributed by atoms with van der Waals surface area (Å²) in [5.41, 5.74) is 2.16. The predicted molar refractivity (Wildman–Crippen MR) is 132 cm³/mol. The lowest BCUT2D eigenvalue weighted by atomic mass is 10.1. The Bertz CT molecular complexity index is 1040. The van der Waals surface area contributed by atoms with Crippen molar-refractivity contribution in [1.82, 2.24) is 10.2 Å². The van der Waals surface area contributed by atoms with Crippen molar-refractivity contribution in [2.75, 3.05) is 17.1 Å². The van der Waals surface area contributed by atoms with Crippen LogP contribution in [0.2, 0.25) is 0 Å². The number of carbonyl (C=O) groups is 2. The molecule has 2 rings (SSSR count). The van der Waals surface area contributed by atoms with Crippen molar-refractivity contribution >= 4 is 27.5 Å². The molecule has 2 atom stereocenters. The quantitative estimate of drug-likeness (QED) is 0.542. The van der Waals surface area contributed by atoms with E-state index in [0.29, 0.717) is 12.1 Å². The Morgan fingerprint density at radius 3 is 2.15 bits per heavy atom. The number of rotatable bonds is 11. The Morgan fingerprint density at radius 2 is 1.58 bits per heavy atom. The lowest BCUT2D eigenvalue weighted by molar-refractivity contribution is -0.139. The summed E-state index contributed by atoms with van der Waals surface area (Å²) >= 11 is 0. The second-order valence-electron chi connectivity index (χ2n) is 8.25. The van der Waals surface area contributed by atoms with Crippen LogP contribution >= 0.6 is 0 Å². The number of para-hydroxylation sites is 1. The summed E-state index contributed by atoms with van der Waals surface area (Å²) in [6.45, 7) is 7.29. The maximum atomic E-state index is 13.5. The number of nitrogens with zero attached hydrogens (tertiary/aromatic N) is 2. The Morgan fingerprint density at radius 1 is 0.970 bits per heavy atom. The van der Waals surface area contributed by atoms with Crippen molar-refractivity contribution in [3.63, 3.8) is 0 Å². The average molecular weight is 474 g/mol. The van der Waals surface area contributed by atoms with Gasteiger partial charge < -0.3 is 10.2 Å². The fraction of sp³-hybridized carbons (Fsp3) is 0.440. The zero-order valence-corrected chi connectivity index (χ0v) is 20.9. The minimum absolute atomic E-state index is 0.0300. The summed E-state index contributed by atoms with van der Waals surface area (Å²) in [6, 6.07) is 15.7. The molecule has 0 saturated carbocycles. The van der Waals surface area contributed by atoms with Crippen LogP contribution in [0.5, 0.6) is 0 Å². The summed E-state index contributed by atoms with van der Waals surface area (Å²) in [6.07, 6.45) is 2.48. The van der Waals surface area contributed by atoms with Gasteiger partial charge in [-0.2, -0.15) is 0 Å². The van der Waals surface area contributed by atoms with Gasteiger partial charge in [-0.25, -0.2) is 8.42 Å². The largest absolute Gasteiger partial charge is 0.352 e. The van der Waals surface area contributed by atoms with Crippen LogP contribution in [0, 0.1) is 0 Å². The van der Waals surface area contributed by atoms with E-state index in [1.54, 1.807) is 19.1 Å². The van der Waals surface area contributed by atoms with Gasteiger partial charge in [0.2, 0.25) is 21.8 Å². The standard InChI is InChI=1S/C25H35N3O4S/c1-6-19(3)26-25(30)20(4)27(17-21-13-9-8-10-14-21)24(29)18-28(33(5,31)32)23-16-12-11-15-22(23)7-2/h8-16,19-20H,6-7,17-18H2,1-5H3,(H,26,30)/t19-,20+/m0/s1. The van der Waals surface area contributed by atoms with Crippen molar-refractivity contribution in [3.05, 3.63) is 65.7 Å². The highest BCUT2D eigenvalue weighted by atomic mass is 32.2. The average Bonchev–Trinajstić information content (AvgIpc) is 2.80. The van der Waals surface area contributed by atoms with Crippen molar-refractivity contribution in [2.45, 2.75) is 59.2 Å². The molecule has 0 saturated heterocycles. The van der Waals surface area contributed by atoms with Crippen molar-refractivity contribution in [3.8, 4) is 0 Å². The van der Waals surface area contributed by atoms with E-state index in [-0.39, 0.29) is 25.0 Å². The molecule has 2 amide bonds. The molecule has 2 aromatic carbocycles. The van der Waals surface area contributed by atoms with Gasteiger partial charge >= 0.3 is 0 Å². The summed E-state index contributed by atoms with van der Waals surface area (Å²) < 4.78 is 26.5. The first kappa shape index (κ1) is 26.4. The smallest absolute Gasteiger partial charge is 0.244 e. The number of nitrogens with one attached hydrogen (secondary N) is 1. The zero-order chi connectivity index (χ0) is 24.6. The van der Waals surface area contributed by atoms with Gasteiger partial charge in [-0.05, 0) is 43.9 Å². The molecule has 0 bridgehead atoms. The highest BCUT2D eigenvalue weighted by Gasteiger charge is 2.30. The highest BCUT2D eigenvalue weighted by Crippen LogP contribution is 2.24. The number of sulfonamides is 1. The molecule has 0 unspecified atom stereocenters. The van der Waals surface area contributed by atoms with Gasteiger partial charge in [-0.1, -0.05) is 62.4 Å². The first-order chi connectivity index (χ1) is 15.6. The van der Waals surface area contributed by atoms with E-state index in [1.165, 1.54) is 4.90 Å². The van der Waals surface area contributed by atoms with Crippen LogP contribution in [0.15, 0.2) is 54.6 Å². The molecule has 2 aromatic rings. The predicted octanol–water partition coefficient (Wildman–Crippen LogP) is 3.35. The monoisotopic (exact) mass is 473 g/mol. The molecule has 33 heavy (non-hydrogen) atoms. The highest BCUT2D eigenvalue weighted by molar-refractivity contribution is 7.92. The van der Waals surface area contributed by atoms with E-state index >= 15 is 0 Å². The lowest BCUT2D eigenvalue weighted by Crippen LogP contribution is -2.52. The van der Waals surface area contributed by atoms with Crippen LogP contribution in [0.3, 0.4) is 0 Å². The minimum atomic E-state index is -3.74. The third-order valence-electron chi connectivity index (χ3n) is 5.68. The molecule has 0 fully saturated rings. The molecular formula is C25H35N3O4S. The number of hydrogen-bond donors (Lipinski definition) is 1. The molecule has 0 aliphatic heterocycles. The van der Waals surface area contributed by atoms with E-state index in [4.69, 9.17) is 0 Å². The first-order valence-electron chi connectivity index (χ1n) is 11.3. The van der Waals surface area contributed by atoms with Crippen LogP contribution in [-0.2, 0) is 32.6 Å². The number of aryl methyl sites for hydroxylation is 1. The molecule has 1 N–H and O–H groups in total. The van der Waals surface area contributed by atoms with Gasteiger partial charge in [-0.15, -0.1) is 0 Å². The van der Waals surface area contributed by atoms with Gasteiger partial charge in [0, 0.05) is 12.6 Å². The second kappa shape index (κ2) is 11.8. The van der Waals surface area contributed by atoms with Crippen LogP contribution in [0.4, 0.5) is 5.69 Å². The summed E-state index contributed by atoms with van der Waals surface area (Å²) in [7, 11) is -3.74. The number of carbonyl (C=O) groups excluding carboxylic acids is 2. The van der Waals surface area contributed by atoms with Crippen LogP contribution in [0.1, 0.15) is 45.2 Å². The normalized spacial score (nSPS) is 13.1. The van der Waals surface area contributed by atoms with Crippen molar-refractivity contribution in [2.24, 2.45) is 0 Å². The van der Waals surface area contributed by atoms with E-state index in [2.05, 4.69) is 5.32 Å². The third-order valence-corrected chi connectivity index (χ3v) is 6.81. The third kappa shape index (κ3) is 7.32. The Balaban J connectivity index is 2.39. The van der Waals surface area contributed by atoms with E-state index in [0.717, 1.165) is 28.1 Å². The van der Waals surface area contributed by atoms with Gasteiger partial charge in [0.05, 0.1) is 11.9 Å². The number of amides is 2. The molecule has 0 aliphatic carbocycles. The fourth-order valence-corrected chi connectivity index (χ4v) is 4.36. The molecule has 180 valence electrons. The molecular weight excluding hydrogens is 438 g/mol. The molecule has 0 aliphatic rings. The Hall–Kier alpha value is -2.87. The van der Waals surface area contributed by atoms with Gasteiger partial charge in [0.15, 0.2) is 0 Å². The Labute approximate surface area is 197 Å². The summed E-state index contributed by atoms with van der Waals surface area (Å²) in [5, 5.41) is 2.92. The maximum absolute atomic E-state index is 13.5. The summed E-state index contributed by atoms with van der Waals surface area (Å²) in [5.74, 6) is -0.713. The minimum Gasteiger partial charge on any atom is -0.352 e. The number of hydrogen-bond acceptors (Lipinski definition) is 4. The number of benzene rings is 2. The molecule has 0 spiro atoms. The van der Waals surface area contributed by atoms with Crippen molar-refractivity contribution < 1.29 is 18.0 Å². The van der Waals surface area contributed by atoms with E-state index in [1.807, 2.05) is 63.2 Å². The Kier molecular flexibility index (Phi) is 9.46. The fourth-order valence-electron chi connectivity index (χ4n) is 3.48. The molecule has 0 radical (unpaired) electrons. The molecule has 0 aromatic heterocycles. The zero-order valence-electron chi connectivity index (χ0n) is 20.1. The molecule has 7 nitrogen and oxygen atoms in total. The molecule has 0 heterocycles. The van der Waals surface area contributed by atoms with Gasteiger partial charge in [0.25, 0.3) is 0 Å². The van der Waals surface area contributed by atoms with Gasteiger partial charge in [0.1, 0.15) is 12.6 Å². The topological polar surface area (TPSA) is 86.8 Å². The van der Waals surface area contributed by atoms with E-state index in [9.17, 15) is 18.0 Å². The second-order valence-corrected chi connectivity index (χ2v) is 10.2. The first-order valence-corrected chi connectivity index (χ1v) is 13.1. The van der Waals surface area contributed by atoms with Gasteiger partial charge in [-0.3, -0.25) is 13.9 Å². The number of anilines is 1. The van der Waals surface area contributed by atoms with E-state index < -0.39 is 22.0 Å². The molecule has 8 heteroatoms. The summed E-state index contributed by atoms with van der Waals surface area (Å²) in [4.78, 5) is 27.8. The lowest BCUT2D eigenvalue weighted by Gasteiger charge is -2.32. The van der Waals surface area contributed by atoms with Crippen LogP contribution in [-0.4, -0.2) is 50.0 Å².